The summed E-state index contributed by atoms with van der Waals surface area (Å²) >= 11 is 0. The summed E-state index contributed by atoms with van der Waals surface area (Å²) in [6.07, 6.45) is 0. The van der Waals surface area contributed by atoms with Gasteiger partial charge in [0.25, 0.3) is 0 Å². The highest BCUT2D eigenvalue weighted by atomic mass is 19.3. The van der Waals surface area contributed by atoms with Crippen LogP contribution in [0.4, 0.5) is 18.9 Å². The molecule has 0 aliphatic heterocycles. The number of hydrogen-bond acceptors (Lipinski definition) is 4. The van der Waals surface area contributed by atoms with Gasteiger partial charge >= 0.3 is 12.3 Å². The summed E-state index contributed by atoms with van der Waals surface area (Å²) in [4.78, 5) is 9.25. The van der Waals surface area contributed by atoms with Gasteiger partial charge in [-0.2, -0.15) is 18.4 Å². The number of ether oxygens (including phenoxy) is 1. The van der Waals surface area contributed by atoms with E-state index in [0.717, 1.165) is 0 Å². The molecule has 0 bridgehead atoms. The first-order valence-electron chi connectivity index (χ1n) is 3.78. The normalized spacial score (nSPS) is 9.94. The van der Waals surface area contributed by atoms with E-state index in [-0.39, 0.29) is 0 Å². The van der Waals surface area contributed by atoms with Crippen LogP contribution in [0.25, 0.3) is 0 Å². The molecule has 0 heterocycles. The Bertz CT molecular complexity index is 470. The first-order chi connectivity index (χ1) is 7.45. The van der Waals surface area contributed by atoms with Crippen molar-refractivity contribution in [2.24, 2.45) is 0 Å². The lowest BCUT2D eigenvalue weighted by atomic mass is 10.2. The molecule has 0 radical (unpaired) electrons. The molecule has 16 heavy (non-hydrogen) atoms. The Morgan fingerprint density at radius 2 is 2.12 bits per heavy atom. The standard InChI is InChI=1S/C8H3F3N2O3/c9-6-2-5(16-8(10)11)1-4(3-12)7(6)13(14)15/h1-2,8H. The average molecular weight is 232 g/mol. The van der Waals surface area contributed by atoms with Crippen LogP contribution in [-0.4, -0.2) is 11.5 Å². The summed E-state index contributed by atoms with van der Waals surface area (Å²) in [7, 11) is 0. The van der Waals surface area contributed by atoms with Crippen molar-refractivity contribution in [2.45, 2.75) is 6.61 Å². The van der Waals surface area contributed by atoms with Crippen LogP contribution in [0.5, 0.6) is 5.75 Å². The molecule has 5 nitrogen and oxygen atoms in total. The molecular weight excluding hydrogens is 229 g/mol. The highest BCUT2D eigenvalue weighted by Gasteiger charge is 2.22. The van der Waals surface area contributed by atoms with Crippen molar-refractivity contribution in [3.05, 3.63) is 33.6 Å². The highest BCUT2D eigenvalue weighted by molar-refractivity contribution is 5.53. The van der Waals surface area contributed by atoms with E-state index >= 15 is 0 Å². The predicted molar refractivity (Wildman–Crippen MR) is 44.4 cm³/mol. The molecule has 0 N–H and O–H groups in total. The smallest absolute Gasteiger partial charge is 0.387 e. The third-order valence-electron chi connectivity index (χ3n) is 1.57. The molecule has 0 fully saturated rings. The summed E-state index contributed by atoms with van der Waals surface area (Å²) in [5.74, 6) is -2.05. The highest BCUT2D eigenvalue weighted by Crippen LogP contribution is 2.28. The Kier molecular flexibility index (Phi) is 3.30. The fraction of sp³-hybridized carbons (Fsp3) is 0.125. The van der Waals surface area contributed by atoms with Gasteiger partial charge in [0.05, 0.1) is 4.92 Å². The lowest BCUT2D eigenvalue weighted by molar-refractivity contribution is -0.387. The Morgan fingerprint density at radius 3 is 2.56 bits per heavy atom. The number of benzene rings is 1. The van der Waals surface area contributed by atoms with Gasteiger partial charge in [-0.05, 0) is 0 Å². The lowest BCUT2D eigenvalue weighted by Gasteiger charge is -2.05. The molecule has 0 saturated carbocycles. The third kappa shape index (κ3) is 2.38. The van der Waals surface area contributed by atoms with Gasteiger partial charge in [0.2, 0.25) is 5.82 Å². The van der Waals surface area contributed by atoms with Crippen LogP contribution in [0.2, 0.25) is 0 Å². The molecule has 0 unspecified atom stereocenters. The van der Waals surface area contributed by atoms with Gasteiger partial charge < -0.3 is 4.74 Å². The van der Waals surface area contributed by atoms with E-state index in [1.165, 1.54) is 6.07 Å². The summed E-state index contributed by atoms with van der Waals surface area (Å²) in [6, 6.07) is 2.42. The molecule has 0 aromatic heterocycles. The van der Waals surface area contributed by atoms with Gasteiger partial charge in [-0.1, -0.05) is 0 Å². The number of nitriles is 1. The van der Waals surface area contributed by atoms with E-state index in [4.69, 9.17) is 5.26 Å². The van der Waals surface area contributed by atoms with Gasteiger partial charge in [0, 0.05) is 12.1 Å². The fourth-order valence-corrected chi connectivity index (χ4v) is 1.02. The number of nitrogens with zero attached hydrogens (tertiary/aromatic N) is 2. The zero-order valence-electron chi connectivity index (χ0n) is 7.49. The monoisotopic (exact) mass is 232 g/mol. The first-order valence-corrected chi connectivity index (χ1v) is 3.78. The molecule has 0 aliphatic rings. The fourth-order valence-electron chi connectivity index (χ4n) is 1.02. The molecule has 0 atom stereocenters. The Labute approximate surface area is 86.8 Å². The lowest BCUT2D eigenvalue weighted by Crippen LogP contribution is -2.04. The van der Waals surface area contributed by atoms with Crippen LogP contribution in [0.15, 0.2) is 12.1 Å². The molecule has 0 aliphatic carbocycles. The SMILES string of the molecule is N#Cc1cc(OC(F)F)cc(F)c1[N+](=O)[O-]. The first kappa shape index (κ1) is 11.8. The molecule has 1 aromatic carbocycles. The van der Waals surface area contributed by atoms with Crippen molar-refractivity contribution in [1.82, 2.24) is 0 Å². The molecule has 1 aromatic rings. The second kappa shape index (κ2) is 4.48. The van der Waals surface area contributed by atoms with E-state index in [1.807, 2.05) is 0 Å². The molecule has 0 amide bonds. The molecule has 84 valence electrons. The predicted octanol–water partition coefficient (Wildman–Crippen LogP) is 2.21. The molecular formula is C8H3F3N2O3. The van der Waals surface area contributed by atoms with Gasteiger partial charge in [-0.15, -0.1) is 0 Å². The number of nitro groups is 1. The minimum absolute atomic E-state index is 0.422. The second-order valence-electron chi connectivity index (χ2n) is 2.55. The zero-order chi connectivity index (χ0) is 12.3. The maximum atomic E-state index is 13.1. The maximum absolute atomic E-state index is 13.1. The Morgan fingerprint density at radius 1 is 1.50 bits per heavy atom. The van der Waals surface area contributed by atoms with Crippen molar-refractivity contribution >= 4 is 5.69 Å². The summed E-state index contributed by atoms with van der Waals surface area (Å²) in [6.45, 7) is -3.20. The van der Waals surface area contributed by atoms with Crippen LogP contribution >= 0.6 is 0 Å². The summed E-state index contributed by atoms with van der Waals surface area (Å²) in [5, 5.41) is 18.8. The van der Waals surface area contributed by atoms with E-state index in [0.29, 0.717) is 12.1 Å². The van der Waals surface area contributed by atoms with Crippen LogP contribution in [0, 0.1) is 27.3 Å². The van der Waals surface area contributed by atoms with E-state index in [1.54, 1.807) is 0 Å². The Hall–Kier alpha value is -2.30. The van der Waals surface area contributed by atoms with Crippen molar-refractivity contribution < 1.29 is 22.8 Å². The van der Waals surface area contributed by atoms with E-state index in [2.05, 4.69) is 4.74 Å². The minimum atomic E-state index is -3.20. The minimum Gasteiger partial charge on any atom is -0.435 e. The van der Waals surface area contributed by atoms with Crippen molar-refractivity contribution in [2.75, 3.05) is 0 Å². The van der Waals surface area contributed by atoms with Gasteiger partial charge in [-0.3, -0.25) is 10.1 Å². The van der Waals surface area contributed by atoms with Crippen LogP contribution in [0.1, 0.15) is 5.56 Å². The average Bonchev–Trinajstić information content (AvgIpc) is 2.14. The van der Waals surface area contributed by atoms with Crippen molar-refractivity contribution in [3.8, 4) is 11.8 Å². The quantitative estimate of drug-likeness (QED) is 0.591. The van der Waals surface area contributed by atoms with Crippen molar-refractivity contribution in [3.63, 3.8) is 0 Å². The molecule has 0 saturated heterocycles. The molecule has 8 heteroatoms. The van der Waals surface area contributed by atoms with Gasteiger partial charge in [0.1, 0.15) is 17.4 Å². The summed E-state index contributed by atoms with van der Waals surface area (Å²) in [5.41, 5.74) is -1.75. The number of rotatable bonds is 3. The van der Waals surface area contributed by atoms with Crippen LogP contribution in [0.3, 0.4) is 0 Å². The van der Waals surface area contributed by atoms with E-state index in [9.17, 15) is 23.3 Å². The van der Waals surface area contributed by atoms with E-state index < -0.39 is 34.4 Å². The Balaban J connectivity index is 3.28. The van der Waals surface area contributed by atoms with Crippen LogP contribution < -0.4 is 4.74 Å². The molecule has 1 rings (SSSR count). The van der Waals surface area contributed by atoms with Gasteiger partial charge in [-0.25, -0.2) is 0 Å². The number of hydrogen-bond donors (Lipinski definition) is 0. The number of halogens is 3. The number of alkyl halides is 2. The number of nitro benzene ring substituents is 1. The molecule has 0 spiro atoms. The van der Waals surface area contributed by atoms with Crippen molar-refractivity contribution in [1.29, 1.82) is 5.26 Å². The second-order valence-corrected chi connectivity index (χ2v) is 2.55. The third-order valence-corrected chi connectivity index (χ3v) is 1.57. The maximum Gasteiger partial charge on any atom is 0.387 e. The zero-order valence-corrected chi connectivity index (χ0v) is 7.49. The largest absolute Gasteiger partial charge is 0.435 e. The summed E-state index contributed by atoms with van der Waals surface area (Å²) < 4.78 is 40.5. The van der Waals surface area contributed by atoms with Crippen LogP contribution in [-0.2, 0) is 0 Å². The topological polar surface area (TPSA) is 76.2 Å². The van der Waals surface area contributed by atoms with Gasteiger partial charge in [0.15, 0.2) is 0 Å².